The van der Waals surface area contributed by atoms with Gasteiger partial charge in [-0.3, -0.25) is 4.79 Å². The molecule has 2 aromatic rings. The van der Waals surface area contributed by atoms with Crippen LogP contribution in [0.15, 0.2) is 29.4 Å². The number of hydrogen-bond acceptors (Lipinski definition) is 6. The summed E-state index contributed by atoms with van der Waals surface area (Å²) in [6, 6.07) is 8.05. The van der Waals surface area contributed by atoms with E-state index in [9.17, 15) is 4.79 Å². The van der Waals surface area contributed by atoms with Crippen molar-refractivity contribution in [2.75, 3.05) is 11.6 Å². The maximum atomic E-state index is 11.7. The molecule has 0 radical (unpaired) electrons. The highest BCUT2D eigenvalue weighted by Crippen LogP contribution is 2.20. The Morgan fingerprint density at radius 3 is 2.52 bits per heavy atom. The molecule has 0 aliphatic heterocycles. The lowest BCUT2D eigenvalue weighted by molar-refractivity contribution is -0.119. The fourth-order valence-corrected chi connectivity index (χ4v) is 2.78. The zero-order valence-corrected chi connectivity index (χ0v) is 15.8. The average molecular weight is 363 g/mol. The molecule has 0 spiro atoms. The van der Waals surface area contributed by atoms with E-state index in [0.717, 1.165) is 5.75 Å². The molecular weight excluding hydrogens is 338 g/mol. The molecule has 0 bridgehead atoms. The zero-order valence-electron chi connectivity index (χ0n) is 15.0. The zero-order chi connectivity index (χ0) is 18.4. The Morgan fingerprint density at radius 1 is 1.24 bits per heavy atom. The number of nitrogens with two attached hydrogens (primary N) is 1. The normalized spacial score (nSPS) is 11.1. The van der Waals surface area contributed by atoms with Gasteiger partial charge >= 0.3 is 0 Å². The Bertz CT molecular complexity index is 698. The van der Waals surface area contributed by atoms with Crippen LogP contribution in [-0.4, -0.2) is 32.6 Å². The van der Waals surface area contributed by atoms with Crippen LogP contribution in [0.25, 0.3) is 0 Å². The highest BCUT2D eigenvalue weighted by atomic mass is 32.2. The van der Waals surface area contributed by atoms with Gasteiger partial charge in [-0.05, 0) is 37.5 Å². The van der Waals surface area contributed by atoms with Crippen LogP contribution in [0, 0.1) is 0 Å². The minimum Gasteiger partial charge on any atom is -0.486 e. The molecule has 0 fully saturated rings. The lowest BCUT2D eigenvalue weighted by atomic mass is 10.0. The summed E-state index contributed by atoms with van der Waals surface area (Å²) in [7, 11) is 0. The average Bonchev–Trinajstić information content (AvgIpc) is 2.91. The lowest BCUT2D eigenvalue weighted by Gasteiger charge is -2.09. The van der Waals surface area contributed by atoms with Gasteiger partial charge in [0.1, 0.15) is 12.4 Å². The maximum absolute atomic E-state index is 11.7. The fraction of sp³-hybridized carbons (Fsp3) is 0.471. The molecular formula is C17H25N5O2S. The van der Waals surface area contributed by atoms with Crippen molar-refractivity contribution >= 4 is 17.7 Å². The largest absolute Gasteiger partial charge is 0.486 e. The minimum atomic E-state index is -0.0638. The smallest absolute Gasteiger partial charge is 0.230 e. The van der Waals surface area contributed by atoms with Crippen LogP contribution in [0.2, 0.25) is 0 Å². The Morgan fingerprint density at radius 2 is 1.92 bits per heavy atom. The predicted octanol–water partition coefficient (Wildman–Crippen LogP) is 2.31. The van der Waals surface area contributed by atoms with E-state index >= 15 is 0 Å². The van der Waals surface area contributed by atoms with Crippen molar-refractivity contribution in [2.24, 2.45) is 0 Å². The number of rotatable bonds is 8. The van der Waals surface area contributed by atoms with Gasteiger partial charge in [-0.2, -0.15) is 0 Å². The summed E-state index contributed by atoms with van der Waals surface area (Å²) in [5, 5.41) is 11.3. The van der Waals surface area contributed by atoms with Crippen molar-refractivity contribution < 1.29 is 9.53 Å². The highest BCUT2D eigenvalue weighted by Gasteiger charge is 2.13. The second-order valence-corrected chi connectivity index (χ2v) is 7.23. The van der Waals surface area contributed by atoms with Crippen LogP contribution in [0.4, 0.5) is 0 Å². The van der Waals surface area contributed by atoms with Gasteiger partial charge < -0.3 is 15.9 Å². The van der Waals surface area contributed by atoms with Crippen LogP contribution in [-0.2, 0) is 11.4 Å². The number of benzene rings is 1. The van der Waals surface area contributed by atoms with Crippen LogP contribution in [0.1, 0.15) is 45.0 Å². The third kappa shape index (κ3) is 5.67. The number of amides is 1. The summed E-state index contributed by atoms with van der Waals surface area (Å²) in [5.74, 6) is 7.88. The number of nitrogens with zero attached hydrogens (tertiary/aromatic N) is 3. The topological polar surface area (TPSA) is 95.1 Å². The SMILES string of the molecule is CC(C)NC(=O)CSc1nnc(COc2ccc(C(C)C)cc2)n1N. The van der Waals surface area contributed by atoms with Gasteiger partial charge in [-0.25, -0.2) is 4.68 Å². The molecule has 25 heavy (non-hydrogen) atoms. The van der Waals surface area contributed by atoms with E-state index < -0.39 is 0 Å². The quantitative estimate of drug-likeness (QED) is 0.552. The molecule has 7 nitrogen and oxygen atoms in total. The maximum Gasteiger partial charge on any atom is 0.230 e. The predicted molar refractivity (Wildman–Crippen MR) is 99.0 cm³/mol. The van der Waals surface area contributed by atoms with Crippen molar-refractivity contribution in [3.8, 4) is 5.75 Å². The first-order valence-electron chi connectivity index (χ1n) is 8.21. The third-order valence-corrected chi connectivity index (χ3v) is 4.37. The Kier molecular flexibility index (Phi) is 6.69. The number of hydrogen-bond donors (Lipinski definition) is 2. The first-order valence-corrected chi connectivity index (χ1v) is 9.19. The highest BCUT2D eigenvalue weighted by molar-refractivity contribution is 7.99. The molecule has 8 heteroatoms. The molecule has 0 saturated heterocycles. The lowest BCUT2D eigenvalue weighted by Crippen LogP contribution is -2.31. The summed E-state index contributed by atoms with van der Waals surface area (Å²) in [6.07, 6.45) is 0. The number of nitrogens with one attached hydrogen (secondary N) is 1. The van der Waals surface area contributed by atoms with Gasteiger partial charge in [0, 0.05) is 6.04 Å². The molecule has 0 atom stereocenters. The molecule has 1 heterocycles. The molecule has 136 valence electrons. The van der Waals surface area contributed by atoms with Crippen molar-refractivity contribution in [3.63, 3.8) is 0 Å². The molecule has 1 aromatic carbocycles. The first kappa shape index (κ1) is 19.1. The molecule has 1 aromatic heterocycles. The summed E-state index contributed by atoms with van der Waals surface area (Å²) in [6.45, 7) is 8.33. The van der Waals surface area contributed by atoms with Gasteiger partial charge in [-0.15, -0.1) is 10.2 Å². The summed E-state index contributed by atoms with van der Waals surface area (Å²) >= 11 is 1.24. The van der Waals surface area contributed by atoms with E-state index in [1.807, 2.05) is 38.1 Å². The van der Waals surface area contributed by atoms with E-state index in [1.165, 1.54) is 22.0 Å². The number of carbonyl (C=O) groups is 1. The van der Waals surface area contributed by atoms with E-state index in [-0.39, 0.29) is 24.3 Å². The minimum absolute atomic E-state index is 0.0638. The summed E-state index contributed by atoms with van der Waals surface area (Å²) in [5.41, 5.74) is 1.26. The van der Waals surface area contributed by atoms with E-state index in [2.05, 4.69) is 29.4 Å². The summed E-state index contributed by atoms with van der Waals surface area (Å²) in [4.78, 5) is 11.7. The van der Waals surface area contributed by atoms with E-state index in [0.29, 0.717) is 16.9 Å². The Labute approximate surface area is 152 Å². The standard InChI is InChI=1S/C17H25N5O2S/c1-11(2)13-5-7-14(8-6-13)24-9-15-20-21-17(22(15)18)25-10-16(23)19-12(3)4/h5-8,11-12H,9-10,18H2,1-4H3,(H,19,23). The Balaban J connectivity index is 1.89. The molecule has 1 amide bonds. The summed E-state index contributed by atoms with van der Waals surface area (Å²) < 4.78 is 7.06. The van der Waals surface area contributed by atoms with Crippen molar-refractivity contribution in [1.82, 2.24) is 20.2 Å². The molecule has 3 N–H and O–H groups in total. The number of ether oxygens (including phenoxy) is 1. The van der Waals surface area contributed by atoms with Crippen LogP contribution in [0.5, 0.6) is 5.75 Å². The van der Waals surface area contributed by atoms with Crippen LogP contribution >= 0.6 is 11.8 Å². The monoisotopic (exact) mass is 363 g/mol. The molecule has 0 unspecified atom stereocenters. The van der Waals surface area contributed by atoms with Gasteiger partial charge in [0.2, 0.25) is 11.1 Å². The fourth-order valence-electron chi connectivity index (χ4n) is 2.09. The molecule has 0 saturated carbocycles. The second kappa shape index (κ2) is 8.75. The van der Waals surface area contributed by atoms with Gasteiger partial charge in [0.25, 0.3) is 0 Å². The van der Waals surface area contributed by atoms with Crippen LogP contribution < -0.4 is 15.9 Å². The second-order valence-electron chi connectivity index (χ2n) is 6.29. The molecule has 0 aliphatic carbocycles. The number of carbonyl (C=O) groups excluding carboxylic acids is 1. The van der Waals surface area contributed by atoms with Crippen molar-refractivity contribution in [2.45, 2.75) is 51.4 Å². The molecule has 2 rings (SSSR count). The number of aromatic nitrogens is 3. The number of nitrogen functional groups attached to an aromatic ring is 1. The van der Waals surface area contributed by atoms with E-state index in [4.69, 9.17) is 10.6 Å². The van der Waals surface area contributed by atoms with Gasteiger partial charge in [0.15, 0.2) is 5.82 Å². The van der Waals surface area contributed by atoms with Crippen molar-refractivity contribution in [1.29, 1.82) is 0 Å². The van der Waals surface area contributed by atoms with Crippen molar-refractivity contribution in [3.05, 3.63) is 35.7 Å². The van der Waals surface area contributed by atoms with Crippen LogP contribution in [0.3, 0.4) is 0 Å². The Hall–Kier alpha value is -2.22. The molecule has 0 aliphatic rings. The third-order valence-electron chi connectivity index (χ3n) is 3.43. The van der Waals surface area contributed by atoms with Gasteiger partial charge in [0.05, 0.1) is 5.75 Å². The first-order chi connectivity index (χ1) is 11.9. The van der Waals surface area contributed by atoms with E-state index in [1.54, 1.807) is 0 Å². The number of thioether (sulfide) groups is 1. The van der Waals surface area contributed by atoms with Gasteiger partial charge in [-0.1, -0.05) is 37.7 Å².